The highest BCUT2D eigenvalue weighted by Gasteiger charge is 2.22. The number of carbonyl (C=O) groups is 1. The van der Waals surface area contributed by atoms with E-state index in [0.717, 1.165) is 13.1 Å². The molecule has 1 aliphatic heterocycles. The minimum absolute atomic E-state index is 0.172. The summed E-state index contributed by atoms with van der Waals surface area (Å²) in [5.74, 6) is 0.172. The minimum Gasteiger partial charge on any atom is -0.383 e. The van der Waals surface area contributed by atoms with Crippen LogP contribution in [0.4, 0.5) is 0 Å². The van der Waals surface area contributed by atoms with Gasteiger partial charge in [-0.1, -0.05) is 0 Å². The van der Waals surface area contributed by atoms with Gasteiger partial charge in [-0.25, -0.2) is 0 Å². The van der Waals surface area contributed by atoms with Crippen molar-refractivity contribution in [1.82, 2.24) is 10.2 Å². The van der Waals surface area contributed by atoms with E-state index >= 15 is 0 Å². The number of carbonyl (C=O) groups excluding carboxylic acids is 1. The van der Waals surface area contributed by atoms with Crippen LogP contribution in [0.2, 0.25) is 0 Å². The van der Waals surface area contributed by atoms with Gasteiger partial charge >= 0.3 is 0 Å². The zero-order valence-electron chi connectivity index (χ0n) is 7.67. The molecule has 0 aromatic carbocycles. The van der Waals surface area contributed by atoms with Crippen LogP contribution < -0.4 is 5.32 Å². The maximum Gasteiger partial charge on any atom is 0.236 e. The van der Waals surface area contributed by atoms with Gasteiger partial charge in [0.25, 0.3) is 0 Å². The van der Waals surface area contributed by atoms with E-state index in [9.17, 15) is 4.79 Å². The lowest BCUT2D eigenvalue weighted by molar-refractivity contribution is -0.135. The van der Waals surface area contributed by atoms with Crippen LogP contribution in [0.25, 0.3) is 0 Å². The number of nitrogens with zero attached hydrogens (tertiary/aromatic N) is 1. The Bertz CT molecular complexity index is 161. The number of hydrogen-bond donors (Lipinski definition) is 1. The number of methoxy groups -OCH3 is 1. The molecule has 1 saturated heterocycles. The van der Waals surface area contributed by atoms with Crippen molar-refractivity contribution in [3.8, 4) is 0 Å². The number of rotatable bonds is 3. The summed E-state index contributed by atoms with van der Waals surface area (Å²) in [6.07, 6.45) is 0. The molecule has 0 bridgehead atoms. The zero-order valence-corrected chi connectivity index (χ0v) is 7.67. The first kappa shape index (κ1) is 9.48. The fourth-order valence-corrected chi connectivity index (χ4v) is 1.42. The molecule has 0 spiro atoms. The Balaban J connectivity index is 2.42. The molecule has 1 atom stereocenters. The van der Waals surface area contributed by atoms with Crippen molar-refractivity contribution in [2.24, 2.45) is 0 Å². The average molecular weight is 172 g/mol. The Morgan fingerprint density at radius 1 is 1.75 bits per heavy atom. The van der Waals surface area contributed by atoms with E-state index in [2.05, 4.69) is 5.32 Å². The summed E-state index contributed by atoms with van der Waals surface area (Å²) in [7, 11) is 1.66. The SMILES string of the molecule is COCC(C)N1CCNCC1=O. The van der Waals surface area contributed by atoms with Crippen LogP contribution in [-0.4, -0.2) is 50.2 Å². The van der Waals surface area contributed by atoms with Crippen molar-refractivity contribution in [3.63, 3.8) is 0 Å². The van der Waals surface area contributed by atoms with Crippen LogP contribution in [0.15, 0.2) is 0 Å². The summed E-state index contributed by atoms with van der Waals surface area (Å²) in [6, 6.07) is 0.199. The molecule has 0 saturated carbocycles. The predicted molar refractivity (Wildman–Crippen MR) is 45.9 cm³/mol. The van der Waals surface area contributed by atoms with Crippen molar-refractivity contribution in [3.05, 3.63) is 0 Å². The summed E-state index contributed by atoms with van der Waals surface area (Å²) in [5.41, 5.74) is 0. The number of amides is 1. The van der Waals surface area contributed by atoms with Gasteiger partial charge < -0.3 is 15.0 Å². The summed E-state index contributed by atoms with van der Waals surface area (Å²) in [5, 5.41) is 3.03. The third-order valence-corrected chi connectivity index (χ3v) is 2.07. The number of hydrogen-bond acceptors (Lipinski definition) is 3. The van der Waals surface area contributed by atoms with E-state index in [4.69, 9.17) is 4.74 Å². The van der Waals surface area contributed by atoms with E-state index < -0.39 is 0 Å². The lowest BCUT2D eigenvalue weighted by Gasteiger charge is -2.32. The molecule has 0 aromatic rings. The van der Waals surface area contributed by atoms with E-state index in [1.807, 2.05) is 11.8 Å². The molecule has 1 heterocycles. The number of ether oxygens (including phenoxy) is 1. The highest BCUT2D eigenvalue weighted by atomic mass is 16.5. The molecule has 0 aliphatic carbocycles. The van der Waals surface area contributed by atoms with Gasteiger partial charge in [0.2, 0.25) is 5.91 Å². The highest BCUT2D eigenvalue weighted by molar-refractivity contribution is 5.79. The highest BCUT2D eigenvalue weighted by Crippen LogP contribution is 2.02. The average Bonchev–Trinajstić information content (AvgIpc) is 2.05. The maximum atomic E-state index is 11.3. The fraction of sp³-hybridized carbons (Fsp3) is 0.875. The second-order valence-electron chi connectivity index (χ2n) is 3.07. The Hall–Kier alpha value is -0.610. The molecule has 1 unspecified atom stereocenters. The Labute approximate surface area is 72.9 Å². The first-order valence-corrected chi connectivity index (χ1v) is 4.25. The van der Waals surface area contributed by atoms with Gasteiger partial charge in [0.15, 0.2) is 0 Å². The molecular weight excluding hydrogens is 156 g/mol. The zero-order chi connectivity index (χ0) is 8.97. The molecule has 1 amide bonds. The predicted octanol–water partition coefficient (Wildman–Crippen LogP) is -0.547. The van der Waals surface area contributed by atoms with Crippen LogP contribution in [0.5, 0.6) is 0 Å². The van der Waals surface area contributed by atoms with Gasteiger partial charge in [0, 0.05) is 20.2 Å². The van der Waals surface area contributed by atoms with Crippen molar-refractivity contribution >= 4 is 5.91 Å². The van der Waals surface area contributed by atoms with Crippen molar-refractivity contribution in [2.45, 2.75) is 13.0 Å². The maximum absolute atomic E-state index is 11.3. The quantitative estimate of drug-likeness (QED) is 0.621. The standard InChI is InChI=1S/C8H16N2O2/c1-7(6-12-2)10-4-3-9-5-8(10)11/h7,9H,3-6H2,1-2H3. The van der Waals surface area contributed by atoms with Gasteiger partial charge in [-0.15, -0.1) is 0 Å². The van der Waals surface area contributed by atoms with Crippen molar-refractivity contribution in [2.75, 3.05) is 33.4 Å². The van der Waals surface area contributed by atoms with Crippen LogP contribution >= 0.6 is 0 Å². The fourth-order valence-electron chi connectivity index (χ4n) is 1.42. The molecule has 1 N–H and O–H groups in total. The van der Waals surface area contributed by atoms with Crippen LogP contribution in [0.1, 0.15) is 6.92 Å². The van der Waals surface area contributed by atoms with Crippen LogP contribution in [0.3, 0.4) is 0 Å². The molecule has 1 aliphatic rings. The Morgan fingerprint density at radius 2 is 2.50 bits per heavy atom. The van der Waals surface area contributed by atoms with Crippen LogP contribution in [0, 0.1) is 0 Å². The second kappa shape index (κ2) is 4.42. The monoisotopic (exact) mass is 172 g/mol. The first-order chi connectivity index (χ1) is 5.75. The summed E-state index contributed by atoms with van der Waals surface area (Å²) in [6.45, 7) is 4.77. The number of piperazine rings is 1. The minimum atomic E-state index is 0.172. The van der Waals surface area contributed by atoms with Gasteiger partial charge in [-0.05, 0) is 6.92 Å². The summed E-state index contributed by atoms with van der Waals surface area (Å²) < 4.78 is 4.99. The van der Waals surface area contributed by atoms with Crippen molar-refractivity contribution in [1.29, 1.82) is 0 Å². The van der Waals surface area contributed by atoms with Gasteiger partial charge in [0.05, 0.1) is 19.2 Å². The summed E-state index contributed by atoms with van der Waals surface area (Å²) >= 11 is 0. The molecule has 70 valence electrons. The molecule has 12 heavy (non-hydrogen) atoms. The lowest BCUT2D eigenvalue weighted by Crippen LogP contribution is -2.52. The summed E-state index contributed by atoms with van der Waals surface area (Å²) in [4.78, 5) is 13.2. The molecule has 4 nitrogen and oxygen atoms in total. The molecule has 0 aromatic heterocycles. The topological polar surface area (TPSA) is 41.6 Å². The van der Waals surface area contributed by atoms with Crippen LogP contribution in [-0.2, 0) is 9.53 Å². The number of nitrogens with one attached hydrogen (secondary N) is 1. The Kier molecular flexibility index (Phi) is 3.49. The molecule has 1 fully saturated rings. The van der Waals surface area contributed by atoms with E-state index in [1.54, 1.807) is 7.11 Å². The normalized spacial score (nSPS) is 21.2. The van der Waals surface area contributed by atoms with E-state index in [1.165, 1.54) is 0 Å². The second-order valence-corrected chi connectivity index (χ2v) is 3.07. The molecular formula is C8H16N2O2. The third kappa shape index (κ3) is 2.19. The smallest absolute Gasteiger partial charge is 0.236 e. The van der Waals surface area contributed by atoms with Gasteiger partial charge in [-0.3, -0.25) is 4.79 Å². The van der Waals surface area contributed by atoms with Crippen molar-refractivity contribution < 1.29 is 9.53 Å². The molecule has 1 rings (SSSR count). The van der Waals surface area contributed by atoms with E-state index in [-0.39, 0.29) is 11.9 Å². The Morgan fingerprint density at radius 3 is 3.08 bits per heavy atom. The van der Waals surface area contributed by atoms with Gasteiger partial charge in [0.1, 0.15) is 0 Å². The van der Waals surface area contributed by atoms with Gasteiger partial charge in [-0.2, -0.15) is 0 Å². The molecule has 4 heteroatoms. The first-order valence-electron chi connectivity index (χ1n) is 4.25. The third-order valence-electron chi connectivity index (χ3n) is 2.07. The largest absolute Gasteiger partial charge is 0.383 e. The molecule has 0 radical (unpaired) electrons. The van der Waals surface area contributed by atoms with E-state index in [0.29, 0.717) is 13.2 Å². The lowest BCUT2D eigenvalue weighted by atomic mass is 10.2.